The maximum absolute atomic E-state index is 5.31. The first kappa shape index (κ1) is 11.8. The summed E-state index contributed by atoms with van der Waals surface area (Å²) in [4.78, 5) is 0. The molecule has 0 rings (SSSR count). The van der Waals surface area contributed by atoms with E-state index in [1.807, 2.05) is 39.0 Å². The van der Waals surface area contributed by atoms with Crippen molar-refractivity contribution in [2.45, 2.75) is 20.8 Å². The summed E-state index contributed by atoms with van der Waals surface area (Å²) >= 11 is 0. The molecule has 0 aromatic heterocycles. The SMILES string of the molecule is C=C/C=C\C=C(/C)N.CC. The van der Waals surface area contributed by atoms with E-state index in [-0.39, 0.29) is 0 Å². The van der Waals surface area contributed by atoms with Crippen LogP contribution in [0.15, 0.2) is 36.6 Å². The summed E-state index contributed by atoms with van der Waals surface area (Å²) in [5.41, 5.74) is 6.12. The Kier molecular flexibility index (Phi) is 12.8. The quantitative estimate of drug-likeness (QED) is 0.585. The van der Waals surface area contributed by atoms with Gasteiger partial charge in [-0.05, 0) is 13.0 Å². The molecule has 0 aliphatic carbocycles. The zero-order valence-corrected chi connectivity index (χ0v) is 7.09. The zero-order valence-electron chi connectivity index (χ0n) is 7.09. The lowest BCUT2D eigenvalue weighted by Gasteiger charge is -1.80. The fraction of sp³-hybridized carbons (Fsp3) is 0.333. The Labute approximate surface area is 63.9 Å². The van der Waals surface area contributed by atoms with Crippen molar-refractivity contribution in [1.82, 2.24) is 0 Å². The number of rotatable bonds is 2. The van der Waals surface area contributed by atoms with Gasteiger partial charge in [0.2, 0.25) is 0 Å². The molecule has 0 atom stereocenters. The van der Waals surface area contributed by atoms with Crippen molar-refractivity contribution in [1.29, 1.82) is 0 Å². The van der Waals surface area contributed by atoms with Crippen molar-refractivity contribution in [3.05, 3.63) is 36.6 Å². The fourth-order valence-electron chi connectivity index (χ4n) is 0.286. The standard InChI is InChI=1S/C7H11N.C2H6/c1-3-4-5-6-7(2)8;1-2/h3-6H,1,8H2,2H3;1-2H3/b5-4-,7-6+;. The van der Waals surface area contributed by atoms with Crippen molar-refractivity contribution in [2.75, 3.05) is 0 Å². The maximum Gasteiger partial charge on any atom is 0.00488 e. The van der Waals surface area contributed by atoms with E-state index in [0.717, 1.165) is 5.70 Å². The predicted molar refractivity (Wildman–Crippen MR) is 48.6 cm³/mol. The van der Waals surface area contributed by atoms with Gasteiger partial charge in [-0.3, -0.25) is 0 Å². The van der Waals surface area contributed by atoms with E-state index in [9.17, 15) is 0 Å². The first-order valence-corrected chi connectivity index (χ1v) is 3.49. The van der Waals surface area contributed by atoms with E-state index >= 15 is 0 Å². The molecule has 0 radical (unpaired) electrons. The lowest BCUT2D eigenvalue weighted by molar-refractivity contribution is 1.32. The predicted octanol–water partition coefficient (Wildman–Crippen LogP) is 2.62. The normalized spacial score (nSPS) is 10.5. The molecule has 0 aliphatic heterocycles. The molecular weight excluding hydrogens is 122 g/mol. The molecule has 0 saturated carbocycles. The molecule has 0 aliphatic rings. The molecule has 0 saturated heterocycles. The molecule has 0 heterocycles. The van der Waals surface area contributed by atoms with Crippen LogP contribution in [-0.4, -0.2) is 0 Å². The van der Waals surface area contributed by atoms with Crippen LogP contribution in [0.2, 0.25) is 0 Å². The maximum atomic E-state index is 5.31. The highest BCUT2D eigenvalue weighted by molar-refractivity contribution is 5.11. The van der Waals surface area contributed by atoms with Gasteiger partial charge in [0, 0.05) is 5.70 Å². The van der Waals surface area contributed by atoms with Gasteiger partial charge in [-0.25, -0.2) is 0 Å². The average Bonchev–Trinajstić information content (AvgIpc) is 1.92. The molecule has 1 nitrogen and oxygen atoms in total. The number of allylic oxidation sites excluding steroid dienone is 5. The second kappa shape index (κ2) is 10.9. The first-order valence-electron chi connectivity index (χ1n) is 3.49. The lowest BCUT2D eigenvalue weighted by Crippen LogP contribution is -1.87. The van der Waals surface area contributed by atoms with Crippen LogP contribution in [0.25, 0.3) is 0 Å². The Morgan fingerprint density at radius 2 is 1.80 bits per heavy atom. The molecule has 1 heteroatoms. The molecule has 0 bridgehead atoms. The fourth-order valence-corrected chi connectivity index (χ4v) is 0.286. The summed E-state index contributed by atoms with van der Waals surface area (Å²) < 4.78 is 0. The summed E-state index contributed by atoms with van der Waals surface area (Å²) in [6, 6.07) is 0. The van der Waals surface area contributed by atoms with E-state index in [4.69, 9.17) is 5.73 Å². The lowest BCUT2D eigenvalue weighted by atomic mass is 10.4. The van der Waals surface area contributed by atoms with Crippen LogP contribution < -0.4 is 5.73 Å². The average molecular weight is 139 g/mol. The number of nitrogens with two attached hydrogens (primary N) is 1. The molecule has 2 N–H and O–H groups in total. The first-order chi connectivity index (χ1) is 4.77. The van der Waals surface area contributed by atoms with Gasteiger partial charge in [0.05, 0.1) is 0 Å². The van der Waals surface area contributed by atoms with Gasteiger partial charge in [-0.1, -0.05) is 38.7 Å². The number of hydrogen-bond donors (Lipinski definition) is 1. The summed E-state index contributed by atoms with van der Waals surface area (Å²) in [6.07, 6.45) is 7.21. The van der Waals surface area contributed by atoms with Crippen molar-refractivity contribution in [3.8, 4) is 0 Å². The Balaban J connectivity index is 0. The van der Waals surface area contributed by atoms with Crippen molar-refractivity contribution >= 4 is 0 Å². The van der Waals surface area contributed by atoms with Crippen molar-refractivity contribution in [3.63, 3.8) is 0 Å². The van der Waals surface area contributed by atoms with Crippen LogP contribution in [-0.2, 0) is 0 Å². The Hall–Kier alpha value is -0.980. The summed E-state index contributed by atoms with van der Waals surface area (Å²) in [6.45, 7) is 9.34. The van der Waals surface area contributed by atoms with Gasteiger partial charge >= 0.3 is 0 Å². The van der Waals surface area contributed by atoms with Gasteiger partial charge in [0.15, 0.2) is 0 Å². The van der Waals surface area contributed by atoms with Gasteiger partial charge in [0.1, 0.15) is 0 Å². The molecule has 0 spiro atoms. The van der Waals surface area contributed by atoms with Crippen LogP contribution in [0.3, 0.4) is 0 Å². The molecule has 10 heavy (non-hydrogen) atoms. The summed E-state index contributed by atoms with van der Waals surface area (Å²) in [5, 5.41) is 0. The van der Waals surface area contributed by atoms with Crippen LogP contribution in [0.5, 0.6) is 0 Å². The van der Waals surface area contributed by atoms with Crippen LogP contribution in [0, 0.1) is 0 Å². The van der Waals surface area contributed by atoms with E-state index in [0.29, 0.717) is 0 Å². The third-order valence-corrected chi connectivity index (χ3v) is 0.606. The molecule has 0 aromatic rings. The van der Waals surface area contributed by atoms with E-state index in [1.54, 1.807) is 6.08 Å². The molecule has 58 valence electrons. The van der Waals surface area contributed by atoms with E-state index < -0.39 is 0 Å². The third-order valence-electron chi connectivity index (χ3n) is 0.606. The Morgan fingerprint density at radius 1 is 1.30 bits per heavy atom. The van der Waals surface area contributed by atoms with Gasteiger partial charge in [-0.2, -0.15) is 0 Å². The zero-order chi connectivity index (χ0) is 8.41. The number of hydrogen-bond acceptors (Lipinski definition) is 1. The van der Waals surface area contributed by atoms with Crippen molar-refractivity contribution in [2.24, 2.45) is 5.73 Å². The second-order valence-electron chi connectivity index (χ2n) is 1.53. The third kappa shape index (κ3) is 15.7. The Morgan fingerprint density at radius 3 is 2.10 bits per heavy atom. The second-order valence-corrected chi connectivity index (χ2v) is 1.53. The van der Waals surface area contributed by atoms with Gasteiger partial charge in [-0.15, -0.1) is 0 Å². The molecule has 0 aromatic carbocycles. The largest absolute Gasteiger partial charge is 0.402 e. The minimum Gasteiger partial charge on any atom is -0.402 e. The van der Waals surface area contributed by atoms with E-state index in [2.05, 4.69) is 6.58 Å². The van der Waals surface area contributed by atoms with Crippen LogP contribution >= 0.6 is 0 Å². The topological polar surface area (TPSA) is 26.0 Å². The van der Waals surface area contributed by atoms with E-state index in [1.165, 1.54) is 0 Å². The van der Waals surface area contributed by atoms with Crippen molar-refractivity contribution < 1.29 is 0 Å². The molecule has 0 fully saturated rings. The van der Waals surface area contributed by atoms with Gasteiger partial charge < -0.3 is 5.73 Å². The van der Waals surface area contributed by atoms with Crippen LogP contribution in [0.1, 0.15) is 20.8 Å². The minimum atomic E-state index is 0.808. The summed E-state index contributed by atoms with van der Waals surface area (Å²) in [5.74, 6) is 0. The molecule has 0 unspecified atom stereocenters. The monoisotopic (exact) mass is 139 g/mol. The van der Waals surface area contributed by atoms with Gasteiger partial charge in [0.25, 0.3) is 0 Å². The highest BCUT2D eigenvalue weighted by Gasteiger charge is 1.66. The van der Waals surface area contributed by atoms with Crippen LogP contribution in [0.4, 0.5) is 0 Å². The summed E-state index contributed by atoms with van der Waals surface area (Å²) in [7, 11) is 0. The minimum absolute atomic E-state index is 0.808. The highest BCUT2D eigenvalue weighted by atomic mass is 14.5. The molecule has 0 amide bonds. The smallest absolute Gasteiger partial charge is 0.00488 e. The Bertz CT molecular complexity index is 117. The molecular formula is C9H17N. The highest BCUT2D eigenvalue weighted by Crippen LogP contribution is 1.80.